The van der Waals surface area contributed by atoms with E-state index in [1.807, 2.05) is 0 Å². The SMILES string of the molecule is O=[N+]([O-])c1cc(NCc2cc(F)c(O)c(F)c2)ccc1Br. The molecule has 5 nitrogen and oxygen atoms in total. The number of aromatic hydroxyl groups is 1. The summed E-state index contributed by atoms with van der Waals surface area (Å²) < 4.78 is 26.7. The van der Waals surface area contributed by atoms with E-state index in [4.69, 9.17) is 5.11 Å². The fourth-order valence-electron chi connectivity index (χ4n) is 1.69. The number of phenolic OH excluding ortho intramolecular Hbond substituents is 1. The van der Waals surface area contributed by atoms with Gasteiger partial charge in [0.25, 0.3) is 5.69 Å². The molecule has 0 aliphatic rings. The molecule has 110 valence electrons. The Kier molecular flexibility index (Phi) is 4.37. The van der Waals surface area contributed by atoms with Crippen LogP contribution in [0.2, 0.25) is 0 Å². The van der Waals surface area contributed by atoms with Crippen LogP contribution in [-0.2, 0) is 6.54 Å². The summed E-state index contributed by atoms with van der Waals surface area (Å²) in [6.07, 6.45) is 0. The molecule has 2 N–H and O–H groups in total. The first-order valence-corrected chi connectivity index (χ1v) is 6.52. The van der Waals surface area contributed by atoms with E-state index in [0.717, 1.165) is 12.1 Å². The van der Waals surface area contributed by atoms with Crippen molar-refractivity contribution >= 4 is 27.3 Å². The smallest absolute Gasteiger partial charge is 0.285 e. The van der Waals surface area contributed by atoms with Crippen molar-refractivity contribution in [2.75, 3.05) is 5.32 Å². The van der Waals surface area contributed by atoms with E-state index in [9.17, 15) is 18.9 Å². The molecule has 2 rings (SSSR count). The van der Waals surface area contributed by atoms with E-state index in [2.05, 4.69) is 21.2 Å². The maximum atomic E-state index is 13.2. The molecule has 21 heavy (non-hydrogen) atoms. The van der Waals surface area contributed by atoms with Crippen LogP contribution in [0.4, 0.5) is 20.2 Å². The van der Waals surface area contributed by atoms with Crippen LogP contribution in [0.1, 0.15) is 5.56 Å². The summed E-state index contributed by atoms with van der Waals surface area (Å²) in [5, 5.41) is 22.6. The van der Waals surface area contributed by atoms with Crippen LogP contribution < -0.4 is 5.32 Å². The highest BCUT2D eigenvalue weighted by Gasteiger charge is 2.13. The van der Waals surface area contributed by atoms with Gasteiger partial charge in [-0.15, -0.1) is 0 Å². The molecule has 0 amide bonds. The van der Waals surface area contributed by atoms with Gasteiger partial charge in [-0.3, -0.25) is 10.1 Å². The molecule has 0 aliphatic heterocycles. The Morgan fingerprint density at radius 1 is 1.24 bits per heavy atom. The van der Waals surface area contributed by atoms with E-state index in [-0.39, 0.29) is 17.8 Å². The first-order valence-electron chi connectivity index (χ1n) is 5.73. The molecule has 0 heterocycles. The second kappa shape index (κ2) is 6.04. The molecular weight excluding hydrogens is 350 g/mol. The number of nitro benzene ring substituents is 1. The zero-order valence-electron chi connectivity index (χ0n) is 10.4. The molecule has 0 saturated carbocycles. The minimum absolute atomic E-state index is 0.0485. The van der Waals surface area contributed by atoms with Gasteiger partial charge in [0.2, 0.25) is 0 Å². The number of nitro groups is 1. The van der Waals surface area contributed by atoms with Gasteiger partial charge in [-0.2, -0.15) is 0 Å². The number of benzene rings is 2. The van der Waals surface area contributed by atoms with Gasteiger partial charge in [0.15, 0.2) is 17.4 Å². The Bertz CT molecular complexity index is 687. The van der Waals surface area contributed by atoms with Crippen molar-refractivity contribution in [2.45, 2.75) is 6.54 Å². The van der Waals surface area contributed by atoms with Gasteiger partial charge >= 0.3 is 0 Å². The van der Waals surface area contributed by atoms with E-state index in [0.29, 0.717) is 10.2 Å². The lowest BCUT2D eigenvalue weighted by Gasteiger charge is -2.08. The number of halogens is 3. The monoisotopic (exact) mass is 358 g/mol. The van der Waals surface area contributed by atoms with Crippen molar-refractivity contribution in [3.8, 4) is 5.75 Å². The van der Waals surface area contributed by atoms with E-state index in [1.165, 1.54) is 12.1 Å². The van der Waals surface area contributed by atoms with Gasteiger partial charge < -0.3 is 10.4 Å². The fraction of sp³-hybridized carbons (Fsp3) is 0.0769. The van der Waals surface area contributed by atoms with Gasteiger partial charge in [0, 0.05) is 18.3 Å². The average Bonchev–Trinajstić information content (AvgIpc) is 2.43. The van der Waals surface area contributed by atoms with Gasteiger partial charge in [0.1, 0.15) is 0 Å². The lowest BCUT2D eigenvalue weighted by molar-refractivity contribution is -0.385. The zero-order valence-corrected chi connectivity index (χ0v) is 12.0. The van der Waals surface area contributed by atoms with Crippen LogP contribution in [0, 0.1) is 21.7 Å². The second-order valence-electron chi connectivity index (χ2n) is 4.18. The second-order valence-corrected chi connectivity index (χ2v) is 5.04. The third-order valence-electron chi connectivity index (χ3n) is 2.72. The number of rotatable bonds is 4. The molecule has 0 atom stereocenters. The minimum atomic E-state index is -1.06. The Morgan fingerprint density at radius 2 is 1.86 bits per heavy atom. The Hall–Kier alpha value is -2.22. The summed E-state index contributed by atoms with van der Waals surface area (Å²) in [6.45, 7) is 0.0485. The Labute approximate surface area is 126 Å². The van der Waals surface area contributed by atoms with Crippen molar-refractivity contribution in [3.05, 3.63) is 62.1 Å². The fourth-order valence-corrected chi connectivity index (χ4v) is 2.08. The zero-order chi connectivity index (χ0) is 15.6. The normalized spacial score (nSPS) is 10.4. The first kappa shape index (κ1) is 15.2. The number of nitrogens with one attached hydrogen (secondary N) is 1. The van der Waals surface area contributed by atoms with E-state index in [1.54, 1.807) is 6.07 Å². The highest BCUT2D eigenvalue weighted by molar-refractivity contribution is 9.10. The molecule has 2 aromatic rings. The van der Waals surface area contributed by atoms with Crippen LogP contribution in [0.3, 0.4) is 0 Å². The summed E-state index contributed by atoms with van der Waals surface area (Å²) in [4.78, 5) is 10.2. The highest BCUT2D eigenvalue weighted by atomic mass is 79.9. The third-order valence-corrected chi connectivity index (χ3v) is 3.39. The van der Waals surface area contributed by atoms with Crippen LogP contribution >= 0.6 is 15.9 Å². The number of hydrogen-bond acceptors (Lipinski definition) is 4. The van der Waals surface area contributed by atoms with Crippen LogP contribution in [0.15, 0.2) is 34.8 Å². The molecule has 0 aromatic heterocycles. The molecule has 0 spiro atoms. The molecule has 0 aliphatic carbocycles. The summed E-state index contributed by atoms with van der Waals surface area (Å²) in [5.74, 6) is -3.15. The molecule has 0 bridgehead atoms. The maximum absolute atomic E-state index is 13.2. The van der Waals surface area contributed by atoms with Crippen molar-refractivity contribution in [1.82, 2.24) is 0 Å². The molecule has 0 unspecified atom stereocenters. The molecule has 8 heteroatoms. The molecule has 0 saturated heterocycles. The number of phenols is 1. The number of hydrogen-bond donors (Lipinski definition) is 2. The lowest BCUT2D eigenvalue weighted by Crippen LogP contribution is -2.01. The Morgan fingerprint density at radius 3 is 2.43 bits per heavy atom. The van der Waals surface area contributed by atoms with Gasteiger partial charge in [-0.1, -0.05) is 0 Å². The van der Waals surface area contributed by atoms with Crippen LogP contribution in [0.25, 0.3) is 0 Å². The minimum Gasteiger partial charge on any atom is -0.503 e. The summed E-state index contributed by atoms with van der Waals surface area (Å²) in [6, 6.07) is 6.36. The van der Waals surface area contributed by atoms with Gasteiger partial charge in [-0.05, 0) is 45.8 Å². The predicted octanol–water partition coefficient (Wildman–Crippen LogP) is 3.95. The Balaban J connectivity index is 2.17. The van der Waals surface area contributed by atoms with E-state index >= 15 is 0 Å². The van der Waals surface area contributed by atoms with Crippen LogP contribution in [0.5, 0.6) is 5.75 Å². The molecule has 0 radical (unpaired) electrons. The maximum Gasteiger partial charge on any atom is 0.285 e. The third kappa shape index (κ3) is 3.46. The largest absolute Gasteiger partial charge is 0.503 e. The standard InChI is InChI=1S/C13H9BrF2N2O3/c14-9-2-1-8(5-12(9)18(20)21)17-6-7-3-10(15)13(19)11(16)4-7/h1-5,17,19H,6H2. The molecular formula is C13H9BrF2N2O3. The van der Waals surface area contributed by atoms with Crippen molar-refractivity contribution in [2.24, 2.45) is 0 Å². The average molecular weight is 359 g/mol. The van der Waals surface area contributed by atoms with Crippen molar-refractivity contribution in [3.63, 3.8) is 0 Å². The van der Waals surface area contributed by atoms with Crippen molar-refractivity contribution < 1.29 is 18.8 Å². The summed E-state index contributed by atoms with van der Waals surface area (Å²) in [7, 11) is 0. The van der Waals surface area contributed by atoms with Gasteiger partial charge in [0.05, 0.1) is 9.40 Å². The van der Waals surface area contributed by atoms with Crippen LogP contribution in [-0.4, -0.2) is 10.0 Å². The topological polar surface area (TPSA) is 75.4 Å². The highest BCUT2D eigenvalue weighted by Crippen LogP contribution is 2.28. The number of nitrogens with zero attached hydrogens (tertiary/aromatic N) is 1. The predicted molar refractivity (Wildman–Crippen MR) is 76.1 cm³/mol. The van der Waals surface area contributed by atoms with Gasteiger partial charge in [-0.25, -0.2) is 8.78 Å². The summed E-state index contributed by atoms with van der Waals surface area (Å²) in [5.41, 5.74) is 0.565. The molecule has 0 fully saturated rings. The lowest BCUT2D eigenvalue weighted by atomic mass is 10.2. The van der Waals surface area contributed by atoms with E-state index < -0.39 is 22.3 Å². The molecule has 2 aromatic carbocycles. The quantitative estimate of drug-likeness (QED) is 0.640. The first-order chi connectivity index (χ1) is 9.88. The summed E-state index contributed by atoms with van der Waals surface area (Å²) >= 11 is 3.06. The van der Waals surface area contributed by atoms with Crippen molar-refractivity contribution in [1.29, 1.82) is 0 Å². The number of anilines is 1.